The molecule has 8 atom stereocenters. The predicted molar refractivity (Wildman–Crippen MR) is 223 cm³/mol. The van der Waals surface area contributed by atoms with E-state index >= 15 is 0 Å². The van der Waals surface area contributed by atoms with Crippen LogP contribution in [0, 0.1) is 17.8 Å². The summed E-state index contributed by atoms with van der Waals surface area (Å²) in [5, 5.41) is 28.7. The maximum absolute atomic E-state index is 14.0. The molecule has 1 aromatic rings. The van der Waals surface area contributed by atoms with Gasteiger partial charge in [-0.25, -0.2) is 10.5 Å². The van der Waals surface area contributed by atoms with E-state index in [2.05, 4.69) is 16.1 Å². The molecule has 3 amide bonds. The van der Waals surface area contributed by atoms with E-state index in [0.717, 1.165) is 16.9 Å². The molecule has 7 unspecified atom stereocenters. The van der Waals surface area contributed by atoms with Crippen LogP contribution in [0.4, 0.5) is 0 Å². The number of hydroxylamine groups is 2. The lowest BCUT2D eigenvalue weighted by molar-refractivity contribution is -0.162. The van der Waals surface area contributed by atoms with Crippen LogP contribution in [-0.4, -0.2) is 114 Å². The van der Waals surface area contributed by atoms with Crippen molar-refractivity contribution in [3.63, 3.8) is 0 Å². The van der Waals surface area contributed by atoms with Crippen molar-refractivity contribution in [2.24, 2.45) is 17.8 Å². The van der Waals surface area contributed by atoms with Gasteiger partial charge in [0.25, 0.3) is 11.8 Å². The molecule has 14 nitrogen and oxygen atoms in total. The first-order valence-electron chi connectivity index (χ1n) is 20.2. The van der Waals surface area contributed by atoms with Gasteiger partial charge in [0.2, 0.25) is 5.91 Å². The third-order valence-electron chi connectivity index (χ3n) is 10.2. The van der Waals surface area contributed by atoms with Crippen molar-refractivity contribution >= 4 is 30.0 Å². The SMILES string of the molecule is CNC(C(=O)NC(Cc1ccccc1)C(=O)N1CCCC(C(=O)O[C@@H](C/C=C/C=C/CC(C)C(O)C(C=O)CCC(C)O)/C(C)=C/C=C/C(=O)N(C)OC)N1)C(C)C. The van der Waals surface area contributed by atoms with Crippen molar-refractivity contribution < 1.29 is 43.8 Å². The number of amides is 3. The topological polar surface area (TPSA) is 187 Å². The number of likely N-dealkylation sites (N-methyl/N-ethyl adjacent to an activating group) is 2. The molecular formula is C44H67N5O9. The Labute approximate surface area is 344 Å². The zero-order chi connectivity index (χ0) is 43.2. The zero-order valence-electron chi connectivity index (χ0n) is 35.5. The monoisotopic (exact) mass is 809 g/mol. The van der Waals surface area contributed by atoms with Gasteiger partial charge in [0.1, 0.15) is 24.5 Å². The first-order valence-corrected chi connectivity index (χ1v) is 20.2. The van der Waals surface area contributed by atoms with Crippen molar-refractivity contribution in [1.82, 2.24) is 26.1 Å². The average molecular weight is 810 g/mol. The van der Waals surface area contributed by atoms with Crippen LogP contribution < -0.4 is 16.1 Å². The third kappa shape index (κ3) is 17.2. The molecule has 1 fully saturated rings. The maximum Gasteiger partial charge on any atom is 0.325 e. The smallest absolute Gasteiger partial charge is 0.325 e. The number of hydrazine groups is 1. The number of carbonyl (C=O) groups excluding carboxylic acids is 5. The van der Waals surface area contributed by atoms with Crippen LogP contribution in [0.3, 0.4) is 0 Å². The third-order valence-corrected chi connectivity index (χ3v) is 10.2. The zero-order valence-corrected chi connectivity index (χ0v) is 35.5. The number of hydrogen-bond donors (Lipinski definition) is 5. The van der Waals surface area contributed by atoms with Crippen molar-refractivity contribution in [1.29, 1.82) is 0 Å². The van der Waals surface area contributed by atoms with Gasteiger partial charge >= 0.3 is 5.97 Å². The normalized spacial score (nSPS) is 18.8. The number of nitrogens with one attached hydrogen (secondary N) is 3. The molecule has 1 aliphatic heterocycles. The Bertz CT molecular complexity index is 1560. The van der Waals surface area contributed by atoms with E-state index in [1.54, 1.807) is 33.0 Å². The molecule has 0 radical (unpaired) electrons. The molecule has 0 aliphatic carbocycles. The van der Waals surface area contributed by atoms with Crippen LogP contribution in [0.2, 0.25) is 0 Å². The fraction of sp³-hybridized carbons (Fsp3) is 0.568. The minimum Gasteiger partial charge on any atom is -0.456 e. The molecule has 0 saturated carbocycles. The van der Waals surface area contributed by atoms with Gasteiger partial charge in [0.15, 0.2) is 0 Å². The number of esters is 1. The summed E-state index contributed by atoms with van der Waals surface area (Å²) < 4.78 is 6.05. The molecule has 58 heavy (non-hydrogen) atoms. The molecule has 0 spiro atoms. The molecule has 322 valence electrons. The second kappa shape index (κ2) is 26.5. The molecular weight excluding hydrogens is 743 g/mol. The van der Waals surface area contributed by atoms with Gasteiger partial charge < -0.3 is 30.4 Å². The van der Waals surface area contributed by atoms with E-state index in [1.807, 2.05) is 75.4 Å². The lowest BCUT2D eigenvalue weighted by atomic mass is 9.87. The molecule has 1 saturated heterocycles. The summed E-state index contributed by atoms with van der Waals surface area (Å²) in [5.41, 5.74) is 4.61. The number of ether oxygens (including phenoxy) is 1. The Morgan fingerprint density at radius 3 is 2.29 bits per heavy atom. The van der Waals surface area contributed by atoms with Crippen LogP contribution in [0.5, 0.6) is 0 Å². The highest BCUT2D eigenvalue weighted by molar-refractivity contribution is 5.90. The summed E-state index contributed by atoms with van der Waals surface area (Å²) >= 11 is 0. The molecule has 5 N–H and O–H groups in total. The Kier molecular flexibility index (Phi) is 22.7. The summed E-state index contributed by atoms with van der Waals surface area (Å²) in [6.07, 6.45) is 13.4. The number of nitrogens with zero attached hydrogens (tertiary/aromatic N) is 2. The van der Waals surface area contributed by atoms with E-state index in [4.69, 9.17) is 9.57 Å². The van der Waals surface area contributed by atoms with Gasteiger partial charge in [-0.05, 0) is 76.0 Å². The summed E-state index contributed by atoms with van der Waals surface area (Å²) in [4.78, 5) is 69.8. The number of aliphatic hydroxyl groups excluding tert-OH is 2. The minimum atomic E-state index is -0.887. The van der Waals surface area contributed by atoms with E-state index in [9.17, 15) is 34.2 Å². The predicted octanol–water partition coefficient (Wildman–Crippen LogP) is 3.75. The summed E-state index contributed by atoms with van der Waals surface area (Å²) in [5.74, 6) is -2.35. The molecule has 1 aromatic carbocycles. The number of aliphatic hydroxyl groups is 2. The van der Waals surface area contributed by atoms with Gasteiger partial charge in [-0.1, -0.05) is 87.6 Å². The van der Waals surface area contributed by atoms with Crippen LogP contribution in [0.15, 0.2) is 78.4 Å². The molecule has 1 heterocycles. The van der Waals surface area contributed by atoms with Gasteiger partial charge in [-0.2, -0.15) is 0 Å². The Hall–Kier alpha value is -4.47. The van der Waals surface area contributed by atoms with Crippen LogP contribution in [-0.2, 0) is 40.0 Å². The first kappa shape index (κ1) is 49.7. The maximum atomic E-state index is 14.0. The number of aldehydes is 1. The van der Waals surface area contributed by atoms with Crippen LogP contribution in [0.1, 0.15) is 78.7 Å². The highest BCUT2D eigenvalue weighted by atomic mass is 16.7. The number of allylic oxidation sites excluding steroid dienone is 5. The number of benzene rings is 1. The number of hydrogen-bond acceptors (Lipinski definition) is 11. The van der Waals surface area contributed by atoms with E-state index in [1.165, 1.54) is 25.2 Å². The minimum absolute atomic E-state index is 0.0128. The molecule has 0 aromatic heterocycles. The quantitative estimate of drug-likeness (QED) is 0.0337. The molecule has 14 heteroatoms. The van der Waals surface area contributed by atoms with E-state index < -0.39 is 48.3 Å². The van der Waals surface area contributed by atoms with E-state index in [0.29, 0.717) is 50.6 Å². The second-order valence-corrected chi connectivity index (χ2v) is 15.3. The fourth-order valence-electron chi connectivity index (χ4n) is 6.48. The van der Waals surface area contributed by atoms with Crippen LogP contribution in [0.25, 0.3) is 0 Å². The lowest BCUT2D eigenvalue weighted by Gasteiger charge is -2.36. The molecule has 2 rings (SSSR count). The summed E-state index contributed by atoms with van der Waals surface area (Å²) in [7, 11) is 4.57. The van der Waals surface area contributed by atoms with Gasteiger partial charge in [0.05, 0.1) is 25.4 Å². The highest BCUT2D eigenvalue weighted by Gasteiger charge is 2.35. The standard InChI is InChI=1S/C44H67N5O9/c1-30(2)40(45-6)42(54)46-37(28-34-20-13-11-14-21-34)43(55)49-27-17-22-36(47-49)44(56)58-38(31(3)19-16-24-39(52)48(7)57-8)23-15-10-9-12-18-32(4)41(53)35(29-50)26-25-33(5)51/h9-16,19-21,24,29-30,32-33,35-38,40-41,45,47,51,53H,17-18,22-23,25-28H2,1-8H3,(H,46,54)/b12-9+,15-10+,24-16+,31-19+/t32?,33?,35?,36?,37?,38-,40?,41?/m0/s1. The van der Waals surface area contributed by atoms with Gasteiger partial charge in [0, 0.05) is 38.4 Å². The van der Waals surface area contributed by atoms with Gasteiger partial charge in [-0.15, -0.1) is 0 Å². The lowest BCUT2D eigenvalue weighted by Crippen LogP contribution is -2.61. The Morgan fingerprint density at radius 1 is 1.02 bits per heavy atom. The fourth-order valence-corrected chi connectivity index (χ4v) is 6.48. The summed E-state index contributed by atoms with van der Waals surface area (Å²) in [6.45, 7) is 9.49. The molecule has 0 bridgehead atoms. The Morgan fingerprint density at radius 2 is 1.69 bits per heavy atom. The average Bonchev–Trinajstić information content (AvgIpc) is 3.20. The number of carbonyl (C=O) groups is 5. The van der Waals surface area contributed by atoms with E-state index in [-0.39, 0.29) is 36.0 Å². The summed E-state index contributed by atoms with van der Waals surface area (Å²) in [6, 6.07) is 7.20. The first-order chi connectivity index (χ1) is 27.6. The van der Waals surface area contributed by atoms with Crippen LogP contribution >= 0.6 is 0 Å². The van der Waals surface area contributed by atoms with Crippen molar-refractivity contribution in [2.75, 3.05) is 27.7 Å². The van der Waals surface area contributed by atoms with Crippen molar-refractivity contribution in [3.8, 4) is 0 Å². The van der Waals surface area contributed by atoms with Crippen molar-refractivity contribution in [3.05, 3.63) is 84.0 Å². The highest BCUT2D eigenvalue weighted by Crippen LogP contribution is 2.21. The molecule has 1 aliphatic rings. The largest absolute Gasteiger partial charge is 0.456 e. The second-order valence-electron chi connectivity index (χ2n) is 15.3. The number of rotatable bonds is 24. The van der Waals surface area contributed by atoms with Gasteiger partial charge in [-0.3, -0.25) is 29.0 Å². The van der Waals surface area contributed by atoms with Crippen molar-refractivity contribution in [2.45, 2.75) is 116 Å². The Balaban J connectivity index is 2.21.